The second-order valence-corrected chi connectivity index (χ2v) is 7.25. The Morgan fingerprint density at radius 3 is 1.31 bits per heavy atom. The first kappa shape index (κ1) is 15.1. The van der Waals surface area contributed by atoms with E-state index < -0.39 is 19.7 Å². The average Bonchev–Trinajstić information content (AvgIpc) is 2.23. The number of allylic oxidation sites excluding steroid dienone is 2. The smallest absolute Gasteiger partial charge is 0.171 e. The number of rotatable bonds is 8. The van der Waals surface area contributed by atoms with Gasteiger partial charge in [-0.3, -0.25) is 0 Å². The number of hydrogen-bond acceptors (Lipinski definition) is 4. The molecule has 0 unspecified atom stereocenters. The predicted molar refractivity (Wildman–Crippen MR) is 66.3 cm³/mol. The van der Waals surface area contributed by atoms with Gasteiger partial charge in [0.25, 0.3) is 0 Å². The summed E-state index contributed by atoms with van der Waals surface area (Å²) in [5, 5.41) is 1.84. The van der Waals surface area contributed by atoms with E-state index in [2.05, 4.69) is 13.2 Å². The Labute approximate surface area is 97.2 Å². The van der Waals surface area contributed by atoms with Gasteiger partial charge in [-0.05, 0) is 12.8 Å². The molecule has 0 atom stereocenters. The van der Waals surface area contributed by atoms with E-state index in [1.165, 1.54) is 0 Å². The quantitative estimate of drug-likeness (QED) is 0.622. The molecule has 0 aromatic heterocycles. The fraction of sp³-hybridized carbons (Fsp3) is 0.400. The van der Waals surface area contributed by atoms with Crippen LogP contribution in [0, 0.1) is 0 Å². The van der Waals surface area contributed by atoms with E-state index >= 15 is 0 Å². The highest BCUT2D eigenvalue weighted by Crippen LogP contribution is 1.99. The molecule has 16 heavy (non-hydrogen) atoms. The summed E-state index contributed by atoms with van der Waals surface area (Å²) in [7, 11) is -6.32. The lowest BCUT2D eigenvalue weighted by molar-refractivity contribution is 0.602. The van der Waals surface area contributed by atoms with Gasteiger partial charge in [0.05, 0.1) is 11.5 Å². The molecule has 0 heterocycles. The van der Waals surface area contributed by atoms with Crippen molar-refractivity contribution in [2.75, 3.05) is 11.5 Å². The summed E-state index contributed by atoms with van der Waals surface area (Å²) in [4.78, 5) is 0. The van der Waals surface area contributed by atoms with E-state index in [4.69, 9.17) is 0 Å². The monoisotopic (exact) mass is 264 g/mol. The third-order valence-electron chi connectivity index (χ3n) is 1.81. The highest BCUT2D eigenvalue weighted by Gasteiger charge is 2.03. The number of hydrogen-bond donors (Lipinski definition) is 0. The zero-order chi connectivity index (χ0) is 12.7. The van der Waals surface area contributed by atoms with Gasteiger partial charge in [-0.1, -0.05) is 25.3 Å². The van der Waals surface area contributed by atoms with Crippen LogP contribution in [0.15, 0.2) is 36.1 Å². The summed E-state index contributed by atoms with van der Waals surface area (Å²) in [5.41, 5.74) is 0. The van der Waals surface area contributed by atoms with Crippen LogP contribution in [0.25, 0.3) is 0 Å². The first-order chi connectivity index (χ1) is 7.33. The Morgan fingerprint density at radius 2 is 1.06 bits per heavy atom. The van der Waals surface area contributed by atoms with Crippen LogP contribution in [-0.4, -0.2) is 28.3 Å². The molecule has 0 rings (SSSR count). The van der Waals surface area contributed by atoms with Crippen molar-refractivity contribution in [3.8, 4) is 0 Å². The molecule has 0 radical (unpaired) electrons. The fourth-order valence-corrected chi connectivity index (χ4v) is 2.13. The van der Waals surface area contributed by atoms with Crippen molar-refractivity contribution in [1.82, 2.24) is 0 Å². The largest absolute Gasteiger partial charge is 0.224 e. The van der Waals surface area contributed by atoms with Crippen molar-refractivity contribution < 1.29 is 16.8 Å². The van der Waals surface area contributed by atoms with Crippen LogP contribution in [0.4, 0.5) is 0 Å². The Kier molecular flexibility index (Phi) is 6.28. The van der Waals surface area contributed by atoms with Crippen LogP contribution >= 0.6 is 0 Å². The molecule has 0 aromatic rings. The molecule has 0 saturated heterocycles. The third-order valence-corrected chi connectivity index (χ3v) is 4.44. The molecular weight excluding hydrogens is 248 g/mol. The van der Waals surface area contributed by atoms with Gasteiger partial charge in [-0.25, -0.2) is 16.8 Å². The van der Waals surface area contributed by atoms with Crippen molar-refractivity contribution in [2.24, 2.45) is 0 Å². The van der Waals surface area contributed by atoms with E-state index in [9.17, 15) is 16.8 Å². The third kappa shape index (κ3) is 7.42. The highest BCUT2D eigenvalue weighted by molar-refractivity contribution is 7.94. The molecule has 0 N–H and O–H groups in total. The molecule has 0 aliphatic rings. The van der Waals surface area contributed by atoms with Crippen LogP contribution < -0.4 is 0 Å². The predicted octanol–water partition coefficient (Wildman–Crippen LogP) is 1.44. The molecule has 6 heteroatoms. The summed E-state index contributed by atoms with van der Waals surface area (Å²) in [5.74, 6) is 0.00240. The molecule has 0 spiro atoms. The van der Waals surface area contributed by atoms with Gasteiger partial charge in [0.2, 0.25) is 0 Å². The van der Waals surface area contributed by atoms with Crippen LogP contribution in [-0.2, 0) is 19.7 Å². The van der Waals surface area contributed by atoms with Crippen molar-refractivity contribution in [1.29, 1.82) is 0 Å². The van der Waals surface area contributed by atoms with Gasteiger partial charge in [-0.2, -0.15) is 0 Å². The van der Waals surface area contributed by atoms with E-state index in [1.54, 1.807) is 12.2 Å². The first-order valence-electron chi connectivity index (χ1n) is 4.68. The zero-order valence-corrected chi connectivity index (χ0v) is 10.6. The molecule has 4 nitrogen and oxygen atoms in total. The molecule has 0 saturated carbocycles. The summed E-state index contributed by atoms with van der Waals surface area (Å²) >= 11 is 0. The minimum absolute atomic E-state index is 0.00120. The second kappa shape index (κ2) is 6.65. The molecule has 0 aliphatic heterocycles. The molecule has 0 fully saturated rings. The minimum atomic E-state index is -3.16. The SMILES string of the molecule is C=CS(=O)(=O)CC/C=C/CCS(=O)(=O)C=C. The van der Waals surface area contributed by atoms with Gasteiger partial charge in [0, 0.05) is 10.8 Å². The van der Waals surface area contributed by atoms with Crippen molar-refractivity contribution >= 4 is 19.7 Å². The van der Waals surface area contributed by atoms with Crippen molar-refractivity contribution in [3.63, 3.8) is 0 Å². The van der Waals surface area contributed by atoms with E-state index in [0.717, 1.165) is 10.8 Å². The Bertz CT molecular complexity index is 411. The molecular formula is C10H16O4S2. The summed E-state index contributed by atoms with van der Waals surface area (Å²) in [6.07, 6.45) is 4.03. The normalized spacial score (nSPS) is 12.8. The maximum atomic E-state index is 11.0. The van der Waals surface area contributed by atoms with Gasteiger partial charge < -0.3 is 0 Å². The van der Waals surface area contributed by atoms with Crippen LogP contribution in [0.1, 0.15) is 12.8 Å². The Morgan fingerprint density at radius 1 is 0.750 bits per heavy atom. The standard InChI is InChI=1S/C10H16O4S2/c1-3-15(11,12)9-7-5-6-8-10-16(13,14)4-2/h3-6H,1-2,7-10H2/b6-5+. The summed E-state index contributed by atoms with van der Waals surface area (Å²) in [6.45, 7) is 6.38. The van der Waals surface area contributed by atoms with Crippen molar-refractivity contribution in [2.45, 2.75) is 12.8 Å². The lowest BCUT2D eigenvalue weighted by Gasteiger charge is -1.94. The molecule has 0 aromatic carbocycles. The average molecular weight is 264 g/mol. The van der Waals surface area contributed by atoms with Crippen LogP contribution in [0.2, 0.25) is 0 Å². The van der Waals surface area contributed by atoms with Crippen molar-refractivity contribution in [3.05, 3.63) is 36.1 Å². The first-order valence-corrected chi connectivity index (χ1v) is 8.11. The van der Waals surface area contributed by atoms with E-state index in [1.807, 2.05) is 0 Å². The Balaban J connectivity index is 3.90. The summed E-state index contributed by atoms with van der Waals surface area (Å²) in [6, 6.07) is 0. The highest BCUT2D eigenvalue weighted by atomic mass is 32.2. The van der Waals surface area contributed by atoms with Gasteiger partial charge in [-0.15, -0.1) is 0 Å². The van der Waals surface area contributed by atoms with Gasteiger partial charge in [0.15, 0.2) is 19.7 Å². The molecule has 0 bridgehead atoms. The van der Waals surface area contributed by atoms with Gasteiger partial charge in [0.1, 0.15) is 0 Å². The fourth-order valence-electron chi connectivity index (χ4n) is 0.867. The maximum absolute atomic E-state index is 11.0. The van der Waals surface area contributed by atoms with Crippen LogP contribution in [0.5, 0.6) is 0 Å². The molecule has 92 valence electrons. The Hall–Kier alpha value is -0.880. The van der Waals surface area contributed by atoms with Crippen LogP contribution in [0.3, 0.4) is 0 Å². The minimum Gasteiger partial charge on any atom is -0.224 e. The zero-order valence-electron chi connectivity index (χ0n) is 9.00. The second-order valence-electron chi connectivity index (χ2n) is 3.12. The summed E-state index contributed by atoms with van der Waals surface area (Å²) < 4.78 is 43.9. The number of sulfone groups is 2. The maximum Gasteiger partial charge on any atom is 0.171 e. The lowest BCUT2D eigenvalue weighted by atomic mass is 10.3. The van der Waals surface area contributed by atoms with E-state index in [0.29, 0.717) is 12.8 Å². The lowest BCUT2D eigenvalue weighted by Crippen LogP contribution is -2.01. The van der Waals surface area contributed by atoms with Gasteiger partial charge >= 0.3 is 0 Å². The topological polar surface area (TPSA) is 68.3 Å². The molecule has 0 aliphatic carbocycles. The molecule has 0 amide bonds. The van der Waals surface area contributed by atoms with E-state index in [-0.39, 0.29) is 11.5 Å².